The first-order valence-electron chi connectivity index (χ1n) is 5.07. The number of rotatable bonds is 5. The average Bonchev–Trinajstić information content (AvgIpc) is 2.18. The van der Waals surface area contributed by atoms with E-state index in [4.69, 9.17) is 9.47 Å². The van der Waals surface area contributed by atoms with E-state index in [1.165, 1.54) is 0 Å². The third kappa shape index (κ3) is 3.38. The van der Waals surface area contributed by atoms with Gasteiger partial charge in [-0.2, -0.15) is 0 Å². The Labute approximate surface area is 85.8 Å². The summed E-state index contributed by atoms with van der Waals surface area (Å²) in [7, 11) is 0. The lowest BCUT2D eigenvalue weighted by molar-refractivity contribution is -0.103. The third-order valence-corrected chi connectivity index (χ3v) is 1.87. The Bertz CT molecular complexity index is 244. The molecule has 0 aromatic heterocycles. The van der Waals surface area contributed by atoms with Crippen LogP contribution in [0, 0.1) is 5.92 Å². The van der Waals surface area contributed by atoms with Crippen LogP contribution in [0.4, 0.5) is 0 Å². The van der Waals surface area contributed by atoms with Gasteiger partial charge in [0.25, 0.3) is 0 Å². The van der Waals surface area contributed by atoms with Crippen molar-refractivity contribution in [3.05, 3.63) is 30.3 Å². The molecule has 0 fully saturated rings. The molecule has 2 heteroatoms. The van der Waals surface area contributed by atoms with Crippen LogP contribution >= 0.6 is 0 Å². The van der Waals surface area contributed by atoms with Crippen molar-refractivity contribution in [1.82, 2.24) is 0 Å². The number of benzene rings is 1. The fourth-order valence-corrected chi connectivity index (χ4v) is 1.16. The van der Waals surface area contributed by atoms with Gasteiger partial charge in [-0.15, -0.1) is 0 Å². The molecule has 0 aliphatic rings. The highest BCUT2D eigenvalue weighted by atomic mass is 16.7. The van der Waals surface area contributed by atoms with E-state index in [2.05, 4.69) is 13.8 Å². The van der Waals surface area contributed by atoms with Crippen molar-refractivity contribution in [2.75, 3.05) is 6.61 Å². The molecule has 0 saturated carbocycles. The quantitative estimate of drug-likeness (QED) is 0.671. The molecule has 14 heavy (non-hydrogen) atoms. The highest BCUT2D eigenvalue weighted by Gasteiger charge is 2.14. The molecule has 0 amide bonds. The minimum absolute atomic E-state index is 0.151. The van der Waals surface area contributed by atoms with E-state index in [-0.39, 0.29) is 6.29 Å². The van der Waals surface area contributed by atoms with Gasteiger partial charge in [0.2, 0.25) is 6.29 Å². The van der Waals surface area contributed by atoms with Crippen LogP contribution < -0.4 is 4.74 Å². The molecule has 0 bridgehead atoms. The van der Waals surface area contributed by atoms with Crippen molar-refractivity contribution in [2.45, 2.75) is 27.1 Å². The topological polar surface area (TPSA) is 18.5 Å². The molecular formula is C12H18O2. The van der Waals surface area contributed by atoms with E-state index >= 15 is 0 Å². The molecule has 0 aliphatic carbocycles. The third-order valence-electron chi connectivity index (χ3n) is 1.87. The highest BCUT2D eigenvalue weighted by Crippen LogP contribution is 2.15. The number of hydrogen-bond acceptors (Lipinski definition) is 2. The average molecular weight is 194 g/mol. The zero-order chi connectivity index (χ0) is 10.4. The molecule has 0 heterocycles. The summed E-state index contributed by atoms with van der Waals surface area (Å²) in [6.45, 7) is 6.83. The standard InChI is InChI=1S/C12H18O2/c1-4-13-12(10(2)3)14-11-8-6-5-7-9-11/h5-10,12H,4H2,1-3H3. The molecule has 0 spiro atoms. The van der Waals surface area contributed by atoms with E-state index in [1.807, 2.05) is 37.3 Å². The van der Waals surface area contributed by atoms with Crippen molar-refractivity contribution >= 4 is 0 Å². The van der Waals surface area contributed by atoms with Gasteiger partial charge < -0.3 is 9.47 Å². The zero-order valence-corrected chi connectivity index (χ0v) is 9.07. The summed E-state index contributed by atoms with van der Waals surface area (Å²) in [4.78, 5) is 0. The normalized spacial score (nSPS) is 12.9. The number of hydrogen-bond donors (Lipinski definition) is 0. The van der Waals surface area contributed by atoms with Crippen molar-refractivity contribution < 1.29 is 9.47 Å². The van der Waals surface area contributed by atoms with Gasteiger partial charge in [0.1, 0.15) is 5.75 Å². The maximum absolute atomic E-state index is 5.69. The first kappa shape index (κ1) is 11.1. The smallest absolute Gasteiger partial charge is 0.202 e. The predicted molar refractivity (Wildman–Crippen MR) is 57.3 cm³/mol. The minimum atomic E-state index is -0.151. The van der Waals surface area contributed by atoms with E-state index in [1.54, 1.807) is 0 Å². The lowest BCUT2D eigenvalue weighted by Gasteiger charge is -2.21. The van der Waals surface area contributed by atoms with Gasteiger partial charge in [0.15, 0.2) is 0 Å². The predicted octanol–water partition coefficient (Wildman–Crippen LogP) is 3.08. The van der Waals surface area contributed by atoms with E-state index < -0.39 is 0 Å². The molecule has 0 N–H and O–H groups in total. The van der Waals surface area contributed by atoms with Crippen LogP contribution in [0.1, 0.15) is 20.8 Å². The maximum Gasteiger partial charge on any atom is 0.202 e. The Balaban J connectivity index is 2.55. The van der Waals surface area contributed by atoms with Gasteiger partial charge in [0, 0.05) is 12.5 Å². The van der Waals surface area contributed by atoms with Crippen molar-refractivity contribution in [1.29, 1.82) is 0 Å². The molecule has 0 aliphatic heterocycles. The lowest BCUT2D eigenvalue weighted by atomic mass is 10.2. The summed E-state index contributed by atoms with van der Waals surface area (Å²) < 4.78 is 11.2. The van der Waals surface area contributed by atoms with E-state index in [0.717, 1.165) is 5.75 Å². The molecule has 0 saturated heterocycles. The van der Waals surface area contributed by atoms with Gasteiger partial charge in [-0.1, -0.05) is 32.0 Å². The summed E-state index contributed by atoms with van der Waals surface area (Å²) in [5.41, 5.74) is 0. The molecule has 1 aromatic carbocycles. The number of para-hydroxylation sites is 1. The lowest BCUT2D eigenvalue weighted by Crippen LogP contribution is -2.26. The van der Waals surface area contributed by atoms with Crippen LogP contribution in [0.5, 0.6) is 5.75 Å². The Hall–Kier alpha value is -1.02. The second-order valence-corrected chi connectivity index (χ2v) is 3.50. The molecule has 78 valence electrons. The van der Waals surface area contributed by atoms with Gasteiger partial charge in [0.05, 0.1) is 0 Å². The largest absolute Gasteiger partial charge is 0.465 e. The minimum Gasteiger partial charge on any atom is -0.465 e. The fourth-order valence-electron chi connectivity index (χ4n) is 1.16. The zero-order valence-electron chi connectivity index (χ0n) is 9.07. The van der Waals surface area contributed by atoms with Crippen LogP contribution in [-0.2, 0) is 4.74 Å². The Morgan fingerprint density at radius 3 is 2.29 bits per heavy atom. The first-order chi connectivity index (χ1) is 6.74. The molecule has 1 rings (SSSR count). The maximum atomic E-state index is 5.69. The molecule has 0 radical (unpaired) electrons. The van der Waals surface area contributed by atoms with Crippen molar-refractivity contribution in [2.24, 2.45) is 5.92 Å². The summed E-state index contributed by atoms with van der Waals surface area (Å²) in [6, 6.07) is 9.76. The van der Waals surface area contributed by atoms with Crippen LogP contribution in [0.2, 0.25) is 0 Å². The molecular weight excluding hydrogens is 176 g/mol. The highest BCUT2D eigenvalue weighted by molar-refractivity contribution is 5.21. The molecule has 1 aromatic rings. The van der Waals surface area contributed by atoms with Gasteiger partial charge in [-0.3, -0.25) is 0 Å². The van der Waals surface area contributed by atoms with Crippen LogP contribution in [0.25, 0.3) is 0 Å². The monoisotopic (exact) mass is 194 g/mol. The Morgan fingerprint density at radius 2 is 1.79 bits per heavy atom. The van der Waals surface area contributed by atoms with Crippen molar-refractivity contribution in [3.63, 3.8) is 0 Å². The van der Waals surface area contributed by atoms with Crippen LogP contribution in [0.15, 0.2) is 30.3 Å². The summed E-state index contributed by atoms with van der Waals surface area (Å²) in [5.74, 6) is 1.22. The number of ether oxygens (including phenoxy) is 2. The molecule has 2 nitrogen and oxygen atoms in total. The second kappa shape index (κ2) is 5.66. The first-order valence-corrected chi connectivity index (χ1v) is 5.07. The van der Waals surface area contributed by atoms with E-state index in [0.29, 0.717) is 12.5 Å². The van der Waals surface area contributed by atoms with E-state index in [9.17, 15) is 0 Å². The Kier molecular flexibility index (Phi) is 4.47. The van der Waals surface area contributed by atoms with Crippen molar-refractivity contribution in [3.8, 4) is 5.75 Å². The fraction of sp³-hybridized carbons (Fsp3) is 0.500. The molecule has 1 atom stereocenters. The summed E-state index contributed by atoms with van der Waals surface area (Å²) in [5, 5.41) is 0. The second-order valence-electron chi connectivity index (χ2n) is 3.50. The summed E-state index contributed by atoms with van der Waals surface area (Å²) >= 11 is 0. The van der Waals surface area contributed by atoms with Crippen LogP contribution in [-0.4, -0.2) is 12.9 Å². The summed E-state index contributed by atoms with van der Waals surface area (Å²) in [6.07, 6.45) is -0.151. The molecule has 1 unspecified atom stereocenters. The van der Waals surface area contributed by atoms with Crippen LogP contribution in [0.3, 0.4) is 0 Å². The van der Waals surface area contributed by atoms with Gasteiger partial charge in [-0.25, -0.2) is 0 Å². The van der Waals surface area contributed by atoms with Gasteiger partial charge in [-0.05, 0) is 19.1 Å². The SMILES string of the molecule is CCOC(Oc1ccccc1)C(C)C. The van der Waals surface area contributed by atoms with Gasteiger partial charge >= 0.3 is 0 Å². The Morgan fingerprint density at radius 1 is 1.14 bits per heavy atom.